The summed E-state index contributed by atoms with van der Waals surface area (Å²) < 4.78 is 25.4. The summed E-state index contributed by atoms with van der Waals surface area (Å²) >= 11 is 0. The van der Waals surface area contributed by atoms with E-state index in [0.29, 0.717) is 11.3 Å². The number of pyridine rings is 1. The third-order valence-corrected chi connectivity index (χ3v) is 7.48. The highest BCUT2D eigenvalue weighted by Crippen LogP contribution is 2.25. The monoisotopic (exact) mass is 475 g/mol. The van der Waals surface area contributed by atoms with Gasteiger partial charge >= 0.3 is 0 Å². The molecule has 0 aliphatic carbocycles. The second kappa shape index (κ2) is 9.29. The third kappa shape index (κ3) is 5.04. The van der Waals surface area contributed by atoms with Crippen LogP contribution in [0.25, 0.3) is 16.8 Å². The Morgan fingerprint density at radius 2 is 1.65 bits per heavy atom. The minimum absolute atomic E-state index is 0.307. The van der Waals surface area contributed by atoms with Gasteiger partial charge in [0, 0.05) is 57.2 Å². The van der Waals surface area contributed by atoms with E-state index in [1.54, 1.807) is 16.6 Å². The Labute approximate surface area is 200 Å². The van der Waals surface area contributed by atoms with Crippen molar-refractivity contribution in [3.05, 3.63) is 83.8 Å². The molecule has 2 aromatic heterocycles. The van der Waals surface area contributed by atoms with Crippen LogP contribution in [-0.4, -0.2) is 72.3 Å². The minimum atomic E-state index is -3.23. The van der Waals surface area contributed by atoms with Gasteiger partial charge in [0.2, 0.25) is 0 Å². The van der Waals surface area contributed by atoms with Gasteiger partial charge in [-0.05, 0) is 48.0 Å². The highest BCUT2D eigenvalue weighted by Gasteiger charge is 2.15. The maximum absolute atomic E-state index is 11.8. The molecule has 1 aliphatic heterocycles. The topological polar surface area (TPSA) is 70.8 Å². The molecular formula is C26H29N5O2S. The summed E-state index contributed by atoms with van der Waals surface area (Å²) in [5.41, 5.74) is 5.11. The van der Waals surface area contributed by atoms with E-state index < -0.39 is 9.84 Å². The molecule has 1 aliphatic rings. The van der Waals surface area contributed by atoms with Gasteiger partial charge < -0.3 is 4.90 Å². The van der Waals surface area contributed by atoms with Crippen LogP contribution in [0, 0.1) is 0 Å². The van der Waals surface area contributed by atoms with Crippen molar-refractivity contribution in [1.29, 1.82) is 0 Å². The van der Waals surface area contributed by atoms with Crippen molar-refractivity contribution < 1.29 is 8.42 Å². The highest BCUT2D eigenvalue weighted by molar-refractivity contribution is 7.90. The van der Waals surface area contributed by atoms with Gasteiger partial charge in [0.25, 0.3) is 0 Å². The Morgan fingerprint density at radius 3 is 2.38 bits per heavy atom. The number of hydrogen-bond donors (Lipinski definition) is 0. The number of benzene rings is 2. The molecule has 0 amide bonds. The van der Waals surface area contributed by atoms with Crippen LogP contribution in [0.5, 0.6) is 0 Å². The minimum Gasteiger partial charge on any atom is -0.304 e. The Morgan fingerprint density at radius 1 is 0.912 bits per heavy atom. The van der Waals surface area contributed by atoms with Crippen molar-refractivity contribution in [2.24, 2.45) is 0 Å². The molecule has 5 rings (SSSR count). The van der Waals surface area contributed by atoms with E-state index in [4.69, 9.17) is 10.1 Å². The Bertz CT molecular complexity index is 1400. The van der Waals surface area contributed by atoms with E-state index in [9.17, 15) is 8.42 Å². The summed E-state index contributed by atoms with van der Waals surface area (Å²) in [5, 5.41) is 4.70. The lowest BCUT2D eigenvalue weighted by molar-refractivity contribution is 0.148. The van der Waals surface area contributed by atoms with Crippen molar-refractivity contribution in [3.8, 4) is 11.1 Å². The van der Waals surface area contributed by atoms with Gasteiger partial charge in [0.05, 0.1) is 4.90 Å². The summed E-state index contributed by atoms with van der Waals surface area (Å²) in [7, 11) is -1.05. The molecule has 176 valence electrons. The van der Waals surface area contributed by atoms with Crippen molar-refractivity contribution in [3.63, 3.8) is 0 Å². The van der Waals surface area contributed by atoms with Crippen molar-refractivity contribution >= 4 is 15.5 Å². The van der Waals surface area contributed by atoms with E-state index >= 15 is 0 Å². The summed E-state index contributed by atoms with van der Waals surface area (Å²) in [6.45, 7) is 5.40. The van der Waals surface area contributed by atoms with E-state index in [1.165, 1.54) is 17.4 Å². The summed E-state index contributed by atoms with van der Waals surface area (Å²) in [5.74, 6) is 0.761. The van der Waals surface area contributed by atoms with Gasteiger partial charge in [-0.25, -0.2) is 17.9 Å². The fourth-order valence-corrected chi connectivity index (χ4v) is 5.05. The highest BCUT2D eigenvalue weighted by atomic mass is 32.2. The molecule has 2 aromatic carbocycles. The molecule has 8 heteroatoms. The molecule has 0 radical (unpaired) electrons. The molecule has 0 N–H and O–H groups in total. The fourth-order valence-electron chi connectivity index (χ4n) is 4.42. The van der Waals surface area contributed by atoms with Gasteiger partial charge in [0.1, 0.15) is 0 Å². The van der Waals surface area contributed by atoms with Crippen LogP contribution >= 0.6 is 0 Å². The average molecular weight is 476 g/mol. The third-order valence-electron chi connectivity index (χ3n) is 6.36. The second-order valence-electron chi connectivity index (χ2n) is 9.09. The zero-order valence-electron chi connectivity index (χ0n) is 19.6. The van der Waals surface area contributed by atoms with Crippen LogP contribution in [0.4, 0.5) is 0 Å². The second-order valence-corrected chi connectivity index (χ2v) is 11.1. The largest absolute Gasteiger partial charge is 0.304 e. The molecule has 34 heavy (non-hydrogen) atoms. The van der Waals surface area contributed by atoms with Gasteiger partial charge in [-0.2, -0.15) is 5.10 Å². The Balaban J connectivity index is 1.36. The maximum Gasteiger partial charge on any atom is 0.175 e. The van der Waals surface area contributed by atoms with Gasteiger partial charge in [0.15, 0.2) is 21.3 Å². The summed E-state index contributed by atoms with van der Waals surface area (Å²) in [6, 6.07) is 19.5. The van der Waals surface area contributed by atoms with E-state index in [1.807, 2.05) is 30.5 Å². The van der Waals surface area contributed by atoms with Crippen LogP contribution in [0.3, 0.4) is 0 Å². The molecule has 0 spiro atoms. The standard InChI is InChI=1S/C26H29N5O2S/c1-29-13-15-30(16-14-29)19-21-6-3-5-20(17-21)18-25-27-26-24(7-4-12-31(26)28-25)22-8-10-23(11-9-22)34(2,32)33/h3-12,17H,13-16,18-19H2,1-2H3. The lowest BCUT2D eigenvalue weighted by Gasteiger charge is -2.32. The SMILES string of the molecule is CN1CCN(Cc2cccc(Cc3nc4c(-c5ccc(S(C)(=O)=O)cc5)cccn4n3)c2)CC1. The van der Waals surface area contributed by atoms with Crippen molar-refractivity contribution in [2.75, 3.05) is 39.5 Å². The first-order valence-corrected chi connectivity index (χ1v) is 13.4. The van der Waals surface area contributed by atoms with Crippen molar-refractivity contribution in [2.45, 2.75) is 17.9 Å². The van der Waals surface area contributed by atoms with Crippen LogP contribution in [0.2, 0.25) is 0 Å². The summed E-state index contributed by atoms with van der Waals surface area (Å²) in [6.07, 6.45) is 3.77. The molecule has 0 bridgehead atoms. The lowest BCUT2D eigenvalue weighted by Crippen LogP contribution is -2.43. The molecule has 4 aromatic rings. The molecule has 0 atom stereocenters. The number of likely N-dealkylation sites (N-methyl/N-ethyl adjacent to an activating group) is 1. The number of rotatable bonds is 6. The summed E-state index contributed by atoms with van der Waals surface area (Å²) in [4.78, 5) is 10.0. The molecule has 1 fully saturated rings. The van der Waals surface area contributed by atoms with E-state index in [0.717, 1.165) is 55.3 Å². The van der Waals surface area contributed by atoms with Crippen LogP contribution in [0.1, 0.15) is 17.0 Å². The Kier molecular flexibility index (Phi) is 6.20. The quantitative estimate of drug-likeness (QED) is 0.427. The van der Waals surface area contributed by atoms with Gasteiger partial charge in [-0.1, -0.05) is 36.4 Å². The normalized spacial score (nSPS) is 15.7. The molecule has 0 saturated carbocycles. The zero-order valence-corrected chi connectivity index (χ0v) is 20.4. The predicted molar refractivity (Wildman–Crippen MR) is 134 cm³/mol. The number of nitrogens with zero attached hydrogens (tertiary/aromatic N) is 5. The average Bonchev–Trinajstić information content (AvgIpc) is 3.23. The smallest absolute Gasteiger partial charge is 0.175 e. The number of aromatic nitrogens is 3. The first-order chi connectivity index (χ1) is 16.3. The number of fused-ring (bicyclic) bond motifs is 1. The molecule has 1 saturated heterocycles. The number of sulfone groups is 1. The van der Waals surface area contributed by atoms with Crippen LogP contribution < -0.4 is 0 Å². The predicted octanol–water partition coefficient (Wildman–Crippen LogP) is 3.14. The van der Waals surface area contributed by atoms with E-state index in [2.05, 4.69) is 41.1 Å². The zero-order chi connectivity index (χ0) is 23.7. The van der Waals surface area contributed by atoms with Gasteiger partial charge in [-0.15, -0.1) is 0 Å². The number of piperazine rings is 1. The molecular weight excluding hydrogens is 446 g/mol. The molecule has 0 unspecified atom stereocenters. The fraction of sp³-hybridized carbons (Fsp3) is 0.308. The Hall–Kier alpha value is -3.07. The lowest BCUT2D eigenvalue weighted by atomic mass is 10.1. The van der Waals surface area contributed by atoms with Crippen LogP contribution in [-0.2, 0) is 22.8 Å². The van der Waals surface area contributed by atoms with Gasteiger partial charge in [-0.3, -0.25) is 4.90 Å². The van der Waals surface area contributed by atoms with E-state index in [-0.39, 0.29) is 0 Å². The molecule has 7 nitrogen and oxygen atoms in total. The number of hydrogen-bond acceptors (Lipinski definition) is 6. The van der Waals surface area contributed by atoms with Crippen molar-refractivity contribution in [1.82, 2.24) is 24.4 Å². The first kappa shape index (κ1) is 22.7. The molecule has 3 heterocycles. The van der Waals surface area contributed by atoms with Crippen LogP contribution in [0.15, 0.2) is 71.8 Å². The maximum atomic E-state index is 11.8. The first-order valence-electron chi connectivity index (χ1n) is 11.5.